The summed E-state index contributed by atoms with van der Waals surface area (Å²) >= 11 is 0. The molecular formula is C24H25NO2. The summed E-state index contributed by atoms with van der Waals surface area (Å²) in [4.78, 5) is 14.2. The van der Waals surface area contributed by atoms with Gasteiger partial charge in [-0.05, 0) is 40.8 Å². The summed E-state index contributed by atoms with van der Waals surface area (Å²) in [5, 5.41) is 12.4. The molecule has 3 aromatic rings. The Hall–Kier alpha value is -2.81. The van der Waals surface area contributed by atoms with Crippen molar-refractivity contribution in [1.82, 2.24) is 0 Å². The average Bonchev–Trinajstić information content (AvgIpc) is 2.71. The number of rotatable bonds is 5. The van der Waals surface area contributed by atoms with Crippen molar-refractivity contribution < 1.29 is 9.90 Å². The van der Waals surface area contributed by atoms with Gasteiger partial charge in [0.2, 0.25) is 0 Å². The third-order valence-electron chi connectivity index (χ3n) is 5.69. The average molecular weight is 359 g/mol. The molecule has 3 aromatic carbocycles. The molecule has 0 aromatic heterocycles. The second kappa shape index (κ2) is 7.43. The molecule has 0 bridgehead atoms. The van der Waals surface area contributed by atoms with E-state index < -0.39 is 12.0 Å². The number of benzene rings is 3. The normalized spacial score (nSPS) is 19.1. The first-order valence-corrected chi connectivity index (χ1v) is 9.76. The number of carboxylic acids is 1. The van der Waals surface area contributed by atoms with Gasteiger partial charge in [-0.25, -0.2) is 4.79 Å². The predicted octanol–water partition coefficient (Wildman–Crippen LogP) is 5.44. The molecule has 138 valence electrons. The van der Waals surface area contributed by atoms with Crippen LogP contribution in [-0.4, -0.2) is 23.7 Å². The quantitative estimate of drug-likeness (QED) is 0.660. The number of aliphatic carboxylic acids is 1. The zero-order chi connectivity index (χ0) is 18.8. The van der Waals surface area contributed by atoms with Crippen LogP contribution in [0, 0.1) is 0 Å². The lowest BCUT2D eigenvalue weighted by molar-refractivity contribution is -0.139. The Labute approximate surface area is 160 Å². The molecule has 1 heterocycles. The minimum absolute atomic E-state index is 0.0891. The van der Waals surface area contributed by atoms with E-state index in [1.165, 1.54) is 21.9 Å². The smallest absolute Gasteiger partial charge is 0.326 e. The van der Waals surface area contributed by atoms with Gasteiger partial charge in [0.05, 0.1) is 0 Å². The monoisotopic (exact) mass is 359 g/mol. The van der Waals surface area contributed by atoms with Crippen LogP contribution in [0.15, 0.2) is 66.7 Å². The zero-order valence-electron chi connectivity index (χ0n) is 15.6. The van der Waals surface area contributed by atoms with Crippen molar-refractivity contribution in [2.75, 3.05) is 11.4 Å². The molecule has 0 spiro atoms. The maximum absolute atomic E-state index is 12.1. The summed E-state index contributed by atoms with van der Waals surface area (Å²) in [6, 6.07) is 22.6. The first kappa shape index (κ1) is 17.6. The van der Waals surface area contributed by atoms with E-state index in [0.29, 0.717) is 6.42 Å². The van der Waals surface area contributed by atoms with E-state index in [4.69, 9.17) is 0 Å². The number of carboxylic acid groups (broad SMARTS) is 1. The van der Waals surface area contributed by atoms with Crippen molar-refractivity contribution in [2.45, 2.75) is 38.1 Å². The van der Waals surface area contributed by atoms with Gasteiger partial charge in [-0.15, -0.1) is 0 Å². The highest BCUT2D eigenvalue weighted by Crippen LogP contribution is 2.44. The third kappa shape index (κ3) is 3.18. The Bertz CT molecular complexity index is 960. The van der Waals surface area contributed by atoms with E-state index in [1.54, 1.807) is 0 Å². The molecule has 1 aliphatic rings. The highest BCUT2D eigenvalue weighted by Gasteiger charge is 2.37. The summed E-state index contributed by atoms with van der Waals surface area (Å²) in [7, 11) is 0. The molecule has 2 atom stereocenters. The summed E-state index contributed by atoms with van der Waals surface area (Å²) in [5.74, 6) is -0.642. The number of carbonyl (C=O) groups is 1. The second-order valence-corrected chi connectivity index (χ2v) is 7.32. The van der Waals surface area contributed by atoms with Crippen LogP contribution in [0.4, 0.5) is 5.69 Å². The summed E-state index contributed by atoms with van der Waals surface area (Å²) < 4.78 is 0. The van der Waals surface area contributed by atoms with E-state index in [0.717, 1.165) is 25.1 Å². The first-order valence-electron chi connectivity index (χ1n) is 9.76. The molecule has 0 fully saturated rings. The maximum Gasteiger partial charge on any atom is 0.326 e. The molecule has 4 rings (SSSR count). The summed E-state index contributed by atoms with van der Waals surface area (Å²) in [6.45, 7) is 2.93. The van der Waals surface area contributed by atoms with Crippen LogP contribution in [0.25, 0.3) is 10.8 Å². The molecule has 0 radical (unpaired) electrons. The number of fused-ring (bicyclic) bond motifs is 2. The van der Waals surface area contributed by atoms with E-state index in [9.17, 15) is 9.90 Å². The van der Waals surface area contributed by atoms with Gasteiger partial charge in [0.15, 0.2) is 0 Å². The van der Waals surface area contributed by atoms with Crippen LogP contribution in [-0.2, 0) is 4.79 Å². The highest BCUT2D eigenvalue weighted by atomic mass is 16.4. The van der Waals surface area contributed by atoms with Crippen molar-refractivity contribution in [2.24, 2.45) is 0 Å². The SMILES string of the molecule is CCCCN1c2ccccc2C(c2cccc3ccccc23)CC1C(=O)O. The molecule has 3 nitrogen and oxygen atoms in total. The molecule has 3 heteroatoms. The van der Waals surface area contributed by atoms with Gasteiger partial charge in [0.25, 0.3) is 0 Å². The first-order chi connectivity index (χ1) is 13.2. The fourth-order valence-electron chi connectivity index (χ4n) is 4.38. The lowest BCUT2D eigenvalue weighted by Gasteiger charge is -2.41. The van der Waals surface area contributed by atoms with Crippen LogP contribution in [0.3, 0.4) is 0 Å². The van der Waals surface area contributed by atoms with Crippen LogP contribution >= 0.6 is 0 Å². The van der Waals surface area contributed by atoms with E-state index >= 15 is 0 Å². The van der Waals surface area contributed by atoms with Crippen molar-refractivity contribution in [3.05, 3.63) is 77.9 Å². The minimum Gasteiger partial charge on any atom is -0.480 e. The van der Waals surface area contributed by atoms with Gasteiger partial charge in [0.1, 0.15) is 6.04 Å². The van der Waals surface area contributed by atoms with Crippen LogP contribution in [0.2, 0.25) is 0 Å². The molecule has 1 N–H and O–H groups in total. The Kier molecular flexibility index (Phi) is 4.85. The van der Waals surface area contributed by atoms with E-state index in [1.807, 2.05) is 12.1 Å². The van der Waals surface area contributed by atoms with Crippen molar-refractivity contribution >= 4 is 22.4 Å². The van der Waals surface area contributed by atoms with Gasteiger partial charge >= 0.3 is 5.97 Å². The van der Waals surface area contributed by atoms with Gasteiger partial charge in [-0.1, -0.05) is 74.0 Å². The molecule has 27 heavy (non-hydrogen) atoms. The largest absolute Gasteiger partial charge is 0.480 e. The predicted molar refractivity (Wildman–Crippen MR) is 111 cm³/mol. The number of hydrogen-bond donors (Lipinski definition) is 1. The topological polar surface area (TPSA) is 40.5 Å². The fraction of sp³-hybridized carbons (Fsp3) is 0.292. The van der Waals surface area contributed by atoms with Crippen LogP contribution < -0.4 is 4.90 Å². The van der Waals surface area contributed by atoms with Crippen molar-refractivity contribution in [1.29, 1.82) is 0 Å². The summed E-state index contributed by atoms with van der Waals surface area (Å²) in [6.07, 6.45) is 2.65. The van der Waals surface area contributed by atoms with Gasteiger partial charge < -0.3 is 10.0 Å². The van der Waals surface area contributed by atoms with Crippen LogP contribution in [0.5, 0.6) is 0 Å². The summed E-state index contributed by atoms with van der Waals surface area (Å²) in [5.41, 5.74) is 3.53. The lowest BCUT2D eigenvalue weighted by atomic mass is 9.79. The third-order valence-corrected chi connectivity index (χ3v) is 5.69. The number of hydrogen-bond acceptors (Lipinski definition) is 2. The van der Waals surface area contributed by atoms with E-state index in [-0.39, 0.29) is 5.92 Å². The highest BCUT2D eigenvalue weighted by molar-refractivity contribution is 5.88. The van der Waals surface area contributed by atoms with Crippen molar-refractivity contribution in [3.63, 3.8) is 0 Å². The zero-order valence-corrected chi connectivity index (χ0v) is 15.6. The molecular weight excluding hydrogens is 334 g/mol. The lowest BCUT2D eigenvalue weighted by Crippen LogP contribution is -2.46. The fourth-order valence-corrected chi connectivity index (χ4v) is 4.38. The van der Waals surface area contributed by atoms with Gasteiger partial charge in [0, 0.05) is 18.2 Å². The number of para-hydroxylation sites is 1. The number of unbranched alkanes of at least 4 members (excludes halogenated alkanes) is 1. The Morgan fingerprint density at radius 2 is 1.70 bits per heavy atom. The Balaban J connectivity index is 1.87. The van der Waals surface area contributed by atoms with Crippen molar-refractivity contribution in [3.8, 4) is 0 Å². The van der Waals surface area contributed by atoms with Crippen LogP contribution in [0.1, 0.15) is 43.2 Å². The standard InChI is InChI=1S/C24H25NO2/c1-2-3-15-25-22-14-7-6-12-20(22)21(16-23(25)24(26)27)19-13-8-10-17-9-4-5-11-18(17)19/h4-14,21,23H,2-3,15-16H2,1H3,(H,26,27). The molecule has 2 unspecified atom stereocenters. The molecule has 0 aliphatic carbocycles. The Morgan fingerprint density at radius 1 is 1.00 bits per heavy atom. The Morgan fingerprint density at radius 3 is 2.52 bits per heavy atom. The van der Waals surface area contributed by atoms with E-state index in [2.05, 4.69) is 66.4 Å². The van der Waals surface area contributed by atoms with Gasteiger partial charge in [-0.2, -0.15) is 0 Å². The molecule has 1 aliphatic heterocycles. The molecule has 0 saturated heterocycles. The van der Waals surface area contributed by atoms with Gasteiger partial charge in [-0.3, -0.25) is 0 Å². The maximum atomic E-state index is 12.1. The second-order valence-electron chi connectivity index (χ2n) is 7.32. The minimum atomic E-state index is -0.731. The molecule has 0 amide bonds. The molecule has 0 saturated carbocycles. The number of anilines is 1. The number of nitrogens with zero attached hydrogens (tertiary/aromatic N) is 1.